The van der Waals surface area contributed by atoms with Gasteiger partial charge < -0.3 is 0 Å². The first-order valence-corrected chi connectivity index (χ1v) is 1.89. The second-order valence-corrected chi connectivity index (χ2v) is 0.802. The first-order valence-electron chi connectivity index (χ1n) is 1.35. The van der Waals surface area contributed by atoms with E-state index in [4.69, 9.17) is 11.6 Å². The monoisotopic (exact) mass is 98.0 g/mol. The van der Waals surface area contributed by atoms with Crippen LogP contribution in [0.15, 0.2) is 0 Å². The SMILES string of the molecule is CCCl.CF. The lowest BCUT2D eigenvalue weighted by Gasteiger charge is -1.45. The minimum atomic E-state index is 0.500. The molecule has 2 heteroatoms. The molecule has 34 valence electrons. The fourth-order valence-electron chi connectivity index (χ4n) is 0. The Kier molecular flexibility index (Phi) is 52.7. The highest BCUT2D eigenvalue weighted by atomic mass is 35.5. The van der Waals surface area contributed by atoms with Crippen molar-refractivity contribution in [3.63, 3.8) is 0 Å². The summed E-state index contributed by atoms with van der Waals surface area (Å²) in [6.07, 6.45) is 0. The van der Waals surface area contributed by atoms with Gasteiger partial charge in [0.05, 0.1) is 7.18 Å². The molecule has 0 aromatic heterocycles. The van der Waals surface area contributed by atoms with E-state index < -0.39 is 0 Å². The molecule has 0 aliphatic rings. The number of rotatable bonds is 0. The van der Waals surface area contributed by atoms with E-state index in [1.54, 1.807) is 0 Å². The van der Waals surface area contributed by atoms with Gasteiger partial charge in [0, 0.05) is 5.88 Å². The van der Waals surface area contributed by atoms with Crippen molar-refractivity contribution in [1.82, 2.24) is 0 Å². The number of alkyl halides is 2. The van der Waals surface area contributed by atoms with Gasteiger partial charge in [-0.25, -0.2) is 0 Å². The summed E-state index contributed by atoms with van der Waals surface area (Å²) in [5, 5.41) is 0. The van der Waals surface area contributed by atoms with Crippen LogP contribution in [0.4, 0.5) is 4.39 Å². The van der Waals surface area contributed by atoms with Crippen LogP contribution in [0.3, 0.4) is 0 Å². The lowest BCUT2D eigenvalue weighted by atomic mass is 11.0. The van der Waals surface area contributed by atoms with Crippen molar-refractivity contribution in [3.8, 4) is 0 Å². The van der Waals surface area contributed by atoms with Crippen LogP contribution in [0.2, 0.25) is 0 Å². The summed E-state index contributed by atoms with van der Waals surface area (Å²) in [6, 6.07) is 0. The second kappa shape index (κ2) is 29.4. The van der Waals surface area contributed by atoms with Gasteiger partial charge in [0.25, 0.3) is 0 Å². The minimum Gasteiger partial charge on any atom is -0.255 e. The van der Waals surface area contributed by atoms with Crippen LogP contribution >= 0.6 is 11.6 Å². The first-order chi connectivity index (χ1) is 2.41. The molecule has 0 aliphatic carbocycles. The molecular weight excluding hydrogens is 90.5 g/mol. The zero-order valence-corrected chi connectivity index (χ0v) is 4.22. The van der Waals surface area contributed by atoms with Crippen LogP contribution < -0.4 is 0 Å². The highest BCUT2D eigenvalue weighted by molar-refractivity contribution is 6.17. The third kappa shape index (κ3) is 430. The molecule has 0 atom stereocenters. The van der Waals surface area contributed by atoms with E-state index >= 15 is 0 Å². The minimum absolute atomic E-state index is 0.500. The molecular formula is C3H8ClF. The maximum absolute atomic E-state index is 9.50. The van der Waals surface area contributed by atoms with E-state index in [1.807, 2.05) is 6.92 Å². The highest BCUT2D eigenvalue weighted by Crippen LogP contribution is 1.59. The van der Waals surface area contributed by atoms with Crippen LogP contribution in [0.25, 0.3) is 0 Å². The summed E-state index contributed by atoms with van der Waals surface area (Å²) in [5.41, 5.74) is 0. The third-order valence-electron chi connectivity index (χ3n) is 0. The van der Waals surface area contributed by atoms with Crippen molar-refractivity contribution >= 4 is 11.6 Å². The van der Waals surface area contributed by atoms with Crippen LogP contribution in [0, 0.1) is 0 Å². The van der Waals surface area contributed by atoms with Gasteiger partial charge in [-0.2, -0.15) is 0 Å². The van der Waals surface area contributed by atoms with Gasteiger partial charge >= 0.3 is 0 Å². The van der Waals surface area contributed by atoms with E-state index in [-0.39, 0.29) is 0 Å². The summed E-state index contributed by atoms with van der Waals surface area (Å²) >= 11 is 5.00. The molecule has 0 heterocycles. The molecule has 0 saturated heterocycles. The second-order valence-electron chi connectivity index (χ2n) is 0.267. The Hall–Kier alpha value is 0.220. The Balaban J connectivity index is 0. The predicted octanol–water partition coefficient (Wildman–Crippen LogP) is 1.83. The standard InChI is InChI=1S/C2H5Cl.CH3F/c1-2-3;1-2/h2H2,1H3;1H3. The Bertz CT molecular complexity index is 6.85. The van der Waals surface area contributed by atoms with Crippen LogP contribution in [-0.4, -0.2) is 13.1 Å². The Labute approximate surface area is 36.9 Å². The molecule has 0 aliphatic heterocycles. The quantitative estimate of drug-likeness (QED) is 0.406. The van der Waals surface area contributed by atoms with Gasteiger partial charge in [-0.05, 0) is 0 Å². The van der Waals surface area contributed by atoms with Gasteiger partial charge in [-0.1, -0.05) is 6.92 Å². The van der Waals surface area contributed by atoms with Gasteiger partial charge in [0.2, 0.25) is 0 Å². The number of hydrogen-bond donors (Lipinski definition) is 0. The maximum atomic E-state index is 9.50. The van der Waals surface area contributed by atoms with Gasteiger partial charge in [-0.15, -0.1) is 11.6 Å². The van der Waals surface area contributed by atoms with Crippen LogP contribution in [0.1, 0.15) is 6.92 Å². The lowest BCUT2D eigenvalue weighted by Crippen LogP contribution is -1.36. The third-order valence-corrected chi connectivity index (χ3v) is 0. The molecule has 0 radical (unpaired) electrons. The van der Waals surface area contributed by atoms with E-state index in [9.17, 15) is 4.39 Å². The molecule has 0 fully saturated rings. The molecule has 0 unspecified atom stereocenters. The first kappa shape index (κ1) is 8.97. The molecule has 0 bridgehead atoms. The van der Waals surface area contributed by atoms with Crippen molar-refractivity contribution in [2.75, 3.05) is 13.1 Å². The molecule has 0 aromatic rings. The zero-order valence-electron chi connectivity index (χ0n) is 3.46. The summed E-state index contributed by atoms with van der Waals surface area (Å²) in [5.74, 6) is 0.722. The van der Waals surface area contributed by atoms with Gasteiger partial charge in [0.15, 0.2) is 0 Å². The number of hydrogen-bond acceptors (Lipinski definition) is 0. The predicted molar refractivity (Wildman–Crippen MR) is 23.4 cm³/mol. The molecule has 0 saturated carbocycles. The maximum Gasteiger partial charge on any atom is 0.0785 e. The molecule has 0 N–H and O–H groups in total. The van der Waals surface area contributed by atoms with Crippen LogP contribution in [0.5, 0.6) is 0 Å². The van der Waals surface area contributed by atoms with Crippen LogP contribution in [-0.2, 0) is 0 Å². The molecule has 0 amide bonds. The lowest BCUT2D eigenvalue weighted by molar-refractivity contribution is 0.636. The summed E-state index contributed by atoms with van der Waals surface area (Å²) in [4.78, 5) is 0. The smallest absolute Gasteiger partial charge is 0.0785 e. The van der Waals surface area contributed by atoms with E-state index in [0.717, 1.165) is 5.88 Å². The Morgan fingerprint density at radius 1 is 1.60 bits per heavy atom. The van der Waals surface area contributed by atoms with Gasteiger partial charge in [-0.3, -0.25) is 4.39 Å². The fourth-order valence-corrected chi connectivity index (χ4v) is 0. The zero-order chi connectivity index (χ0) is 4.71. The van der Waals surface area contributed by atoms with Crippen molar-refractivity contribution in [3.05, 3.63) is 0 Å². The van der Waals surface area contributed by atoms with Gasteiger partial charge in [0.1, 0.15) is 0 Å². The van der Waals surface area contributed by atoms with Crippen molar-refractivity contribution in [2.24, 2.45) is 0 Å². The molecule has 0 rings (SSSR count). The van der Waals surface area contributed by atoms with Crippen molar-refractivity contribution in [2.45, 2.75) is 6.92 Å². The Morgan fingerprint density at radius 3 is 1.60 bits per heavy atom. The largest absolute Gasteiger partial charge is 0.255 e. The fraction of sp³-hybridized carbons (Fsp3) is 1.00. The van der Waals surface area contributed by atoms with E-state index in [2.05, 4.69) is 0 Å². The average Bonchev–Trinajstić information content (AvgIpc) is 1.46. The highest BCUT2D eigenvalue weighted by Gasteiger charge is 1.38. The summed E-state index contributed by atoms with van der Waals surface area (Å²) in [7, 11) is 0.500. The number of halogens is 2. The molecule has 0 spiro atoms. The van der Waals surface area contributed by atoms with Crippen molar-refractivity contribution < 1.29 is 4.39 Å². The summed E-state index contributed by atoms with van der Waals surface area (Å²) in [6.45, 7) is 1.89. The average molecular weight is 98.5 g/mol. The molecule has 0 nitrogen and oxygen atoms in total. The summed E-state index contributed by atoms with van der Waals surface area (Å²) < 4.78 is 9.50. The normalized spacial score (nSPS) is 4.80. The van der Waals surface area contributed by atoms with E-state index in [0.29, 0.717) is 7.18 Å². The molecule has 0 aromatic carbocycles. The molecule has 5 heavy (non-hydrogen) atoms. The Morgan fingerprint density at radius 2 is 1.60 bits per heavy atom. The topological polar surface area (TPSA) is 0 Å². The van der Waals surface area contributed by atoms with E-state index in [1.165, 1.54) is 0 Å². The van der Waals surface area contributed by atoms with Crippen molar-refractivity contribution in [1.29, 1.82) is 0 Å².